The van der Waals surface area contributed by atoms with Gasteiger partial charge in [-0.25, -0.2) is 9.97 Å². The molecule has 2 aromatic heterocycles. The van der Waals surface area contributed by atoms with Crippen LogP contribution in [-0.4, -0.2) is 25.6 Å². The second-order valence-electron chi connectivity index (χ2n) is 6.04. The fourth-order valence-corrected chi connectivity index (χ4v) is 3.30. The molecule has 21 heavy (non-hydrogen) atoms. The Bertz CT molecular complexity index is 733. The summed E-state index contributed by atoms with van der Waals surface area (Å²) in [5, 5.41) is 0. The highest BCUT2D eigenvalue weighted by Gasteiger charge is 2.40. The van der Waals surface area contributed by atoms with Gasteiger partial charge in [-0.15, -0.1) is 0 Å². The molecule has 3 rings (SSSR count). The highest BCUT2D eigenvalue weighted by Crippen LogP contribution is 2.41. The quantitative estimate of drug-likeness (QED) is 0.921. The van der Waals surface area contributed by atoms with Crippen LogP contribution in [0.1, 0.15) is 45.1 Å². The zero-order chi connectivity index (χ0) is 15.3. The van der Waals surface area contributed by atoms with E-state index in [0.29, 0.717) is 28.8 Å². The first-order valence-corrected chi connectivity index (χ1v) is 7.55. The Balaban J connectivity index is 2.17. The summed E-state index contributed by atoms with van der Waals surface area (Å²) in [7, 11) is 0. The van der Waals surface area contributed by atoms with Gasteiger partial charge >= 0.3 is 0 Å². The van der Waals surface area contributed by atoms with E-state index in [4.69, 9.17) is 4.74 Å². The molecule has 114 valence electrons. The van der Waals surface area contributed by atoms with Gasteiger partial charge in [0.25, 0.3) is 5.56 Å². The van der Waals surface area contributed by atoms with E-state index in [0.717, 1.165) is 12.2 Å². The van der Waals surface area contributed by atoms with E-state index >= 15 is 0 Å². The molecule has 1 aliphatic rings. The average molecular weight is 290 g/mol. The molecule has 0 saturated carbocycles. The number of aromatic nitrogens is 4. The van der Waals surface area contributed by atoms with Crippen molar-refractivity contribution in [3.63, 3.8) is 0 Å². The maximum Gasteiger partial charge on any atom is 0.279 e. The highest BCUT2D eigenvalue weighted by atomic mass is 16.5. The second kappa shape index (κ2) is 4.94. The number of aromatic amines is 1. The fourth-order valence-electron chi connectivity index (χ4n) is 3.30. The SMILES string of the molecule is CCC1OC(n2c(C)nc3c(=O)[nH]c(C)nc32)C(C)[C@H]1C. The van der Waals surface area contributed by atoms with Gasteiger partial charge in [-0.3, -0.25) is 9.36 Å². The van der Waals surface area contributed by atoms with Crippen LogP contribution in [0.2, 0.25) is 0 Å². The Morgan fingerprint density at radius 1 is 1.24 bits per heavy atom. The lowest BCUT2D eigenvalue weighted by Gasteiger charge is -2.19. The molecule has 6 nitrogen and oxygen atoms in total. The largest absolute Gasteiger partial charge is 0.354 e. The molecular weight excluding hydrogens is 268 g/mol. The standard InChI is InChI=1S/C15H22N4O2/c1-6-11-7(2)8(3)15(21-11)19-10(5)18-12-13(19)16-9(4)17-14(12)20/h7-8,11,15H,6H2,1-5H3,(H,16,17,20)/t7-,8?,11?,15?/m1/s1. The highest BCUT2D eigenvalue weighted by molar-refractivity contribution is 5.70. The van der Waals surface area contributed by atoms with Gasteiger partial charge < -0.3 is 9.72 Å². The number of nitrogens with zero attached hydrogens (tertiary/aromatic N) is 3. The lowest BCUT2D eigenvalue weighted by atomic mass is 9.91. The molecule has 0 amide bonds. The van der Waals surface area contributed by atoms with Crippen molar-refractivity contribution in [1.29, 1.82) is 0 Å². The van der Waals surface area contributed by atoms with Crippen molar-refractivity contribution in [2.45, 2.75) is 53.4 Å². The van der Waals surface area contributed by atoms with E-state index in [2.05, 4.69) is 35.7 Å². The van der Waals surface area contributed by atoms with Crippen molar-refractivity contribution in [2.75, 3.05) is 0 Å². The van der Waals surface area contributed by atoms with Gasteiger partial charge in [0.1, 0.15) is 17.9 Å². The number of imidazole rings is 1. The van der Waals surface area contributed by atoms with Crippen molar-refractivity contribution in [2.24, 2.45) is 11.8 Å². The lowest BCUT2D eigenvalue weighted by Crippen LogP contribution is -2.18. The summed E-state index contributed by atoms with van der Waals surface area (Å²) in [6, 6.07) is 0. The summed E-state index contributed by atoms with van der Waals surface area (Å²) >= 11 is 0. The van der Waals surface area contributed by atoms with Gasteiger partial charge in [-0.1, -0.05) is 20.8 Å². The number of nitrogens with one attached hydrogen (secondary N) is 1. The number of fused-ring (bicyclic) bond motifs is 1. The molecule has 1 saturated heterocycles. The minimum atomic E-state index is -0.190. The molecular formula is C15H22N4O2. The number of H-pyrrole nitrogens is 1. The first kappa shape index (κ1) is 14.3. The minimum Gasteiger partial charge on any atom is -0.354 e. The summed E-state index contributed by atoms with van der Waals surface area (Å²) in [5.74, 6) is 2.20. The van der Waals surface area contributed by atoms with Gasteiger partial charge in [0.2, 0.25) is 0 Å². The number of hydrogen-bond acceptors (Lipinski definition) is 4. The molecule has 1 aliphatic heterocycles. The van der Waals surface area contributed by atoms with Crippen LogP contribution >= 0.6 is 0 Å². The minimum absolute atomic E-state index is 0.108. The summed E-state index contributed by atoms with van der Waals surface area (Å²) in [4.78, 5) is 23.6. The Morgan fingerprint density at radius 3 is 2.57 bits per heavy atom. The normalized spacial score (nSPS) is 29.4. The smallest absolute Gasteiger partial charge is 0.279 e. The molecule has 0 aliphatic carbocycles. The predicted octanol–water partition coefficient (Wildman–Crippen LogP) is 2.32. The molecule has 2 aromatic rings. The van der Waals surface area contributed by atoms with Crippen molar-refractivity contribution < 1.29 is 4.74 Å². The molecule has 0 bridgehead atoms. The van der Waals surface area contributed by atoms with E-state index in [1.807, 2.05) is 11.5 Å². The van der Waals surface area contributed by atoms with Crippen molar-refractivity contribution in [1.82, 2.24) is 19.5 Å². The van der Waals surface area contributed by atoms with Gasteiger partial charge in [-0.2, -0.15) is 0 Å². The van der Waals surface area contributed by atoms with Crippen LogP contribution in [0.25, 0.3) is 11.2 Å². The zero-order valence-corrected chi connectivity index (χ0v) is 13.2. The third kappa shape index (κ3) is 2.09. The zero-order valence-electron chi connectivity index (χ0n) is 13.2. The van der Waals surface area contributed by atoms with Crippen LogP contribution < -0.4 is 5.56 Å². The monoisotopic (exact) mass is 290 g/mol. The lowest BCUT2D eigenvalue weighted by molar-refractivity contribution is -0.0130. The Hall–Kier alpha value is -1.69. The van der Waals surface area contributed by atoms with E-state index < -0.39 is 0 Å². The molecule has 1 N–H and O–H groups in total. The molecule has 3 heterocycles. The van der Waals surface area contributed by atoms with Gasteiger partial charge in [0.15, 0.2) is 11.2 Å². The first-order valence-electron chi connectivity index (χ1n) is 7.55. The van der Waals surface area contributed by atoms with Gasteiger partial charge in [-0.05, 0) is 26.2 Å². The molecule has 6 heteroatoms. The van der Waals surface area contributed by atoms with Crippen molar-refractivity contribution in [3.8, 4) is 0 Å². The van der Waals surface area contributed by atoms with Crippen molar-refractivity contribution in [3.05, 3.63) is 22.0 Å². The summed E-state index contributed by atoms with van der Waals surface area (Å²) in [6.07, 6.45) is 1.12. The summed E-state index contributed by atoms with van der Waals surface area (Å²) in [6.45, 7) is 10.2. The van der Waals surface area contributed by atoms with Crippen LogP contribution in [0.3, 0.4) is 0 Å². The van der Waals surface area contributed by atoms with Gasteiger partial charge in [0.05, 0.1) is 6.10 Å². The molecule has 3 unspecified atom stereocenters. The van der Waals surface area contributed by atoms with Crippen molar-refractivity contribution >= 4 is 11.2 Å². The molecule has 0 radical (unpaired) electrons. The Kier molecular flexibility index (Phi) is 3.36. The number of ether oxygens (including phenoxy) is 1. The third-order valence-corrected chi connectivity index (χ3v) is 4.68. The Morgan fingerprint density at radius 2 is 1.95 bits per heavy atom. The fraction of sp³-hybridized carbons (Fsp3) is 0.667. The number of aryl methyl sites for hydroxylation is 2. The van der Waals surface area contributed by atoms with Crippen LogP contribution in [0.4, 0.5) is 0 Å². The molecule has 0 spiro atoms. The van der Waals surface area contributed by atoms with Gasteiger partial charge in [0, 0.05) is 5.92 Å². The van der Waals surface area contributed by atoms with E-state index in [1.54, 1.807) is 6.92 Å². The Labute approximate surface area is 123 Å². The maximum atomic E-state index is 12.0. The average Bonchev–Trinajstić information content (AvgIpc) is 2.89. The topological polar surface area (TPSA) is 72.8 Å². The van der Waals surface area contributed by atoms with Crippen LogP contribution in [0, 0.1) is 25.7 Å². The third-order valence-electron chi connectivity index (χ3n) is 4.68. The van der Waals surface area contributed by atoms with E-state index in [-0.39, 0.29) is 17.9 Å². The number of hydrogen-bond donors (Lipinski definition) is 1. The van der Waals surface area contributed by atoms with Crippen LogP contribution in [0.5, 0.6) is 0 Å². The molecule has 4 atom stereocenters. The maximum absolute atomic E-state index is 12.0. The molecule has 1 fully saturated rings. The van der Waals surface area contributed by atoms with Crippen LogP contribution in [0.15, 0.2) is 4.79 Å². The summed E-state index contributed by atoms with van der Waals surface area (Å²) in [5.41, 5.74) is 0.821. The van der Waals surface area contributed by atoms with E-state index in [9.17, 15) is 4.79 Å². The molecule has 0 aromatic carbocycles. The van der Waals surface area contributed by atoms with E-state index in [1.165, 1.54) is 0 Å². The number of rotatable bonds is 2. The van der Waals surface area contributed by atoms with Crippen LogP contribution in [-0.2, 0) is 4.74 Å². The summed E-state index contributed by atoms with van der Waals surface area (Å²) < 4.78 is 8.20. The predicted molar refractivity (Wildman–Crippen MR) is 80.2 cm³/mol. The second-order valence-corrected chi connectivity index (χ2v) is 6.04. The first-order chi connectivity index (χ1) is 9.93.